The summed E-state index contributed by atoms with van der Waals surface area (Å²) in [6.07, 6.45) is 2.00. The molecule has 0 radical (unpaired) electrons. The van der Waals surface area contributed by atoms with Crippen molar-refractivity contribution in [3.05, 3.63) is 28.4 Å². The first-order chi connectivity index (χ1) is 9.77. The van der Waals surface area contributed by atoms with Crippen LogP contribution in [-0.2, 0) is 4.79 Å². The Morgan fingerprint density at radius 3 is 2.61 bits per heavy atom. The summed E-state index contributed by atoms with van der Waals surface area (Å²) in [6.45, 7) is 4.57. The molecule has 3 N–H and O–H groups in total. The molecule has 0 aromatic carbocycles. The summed E-state index contributed by atoms with van der Waals surface area (Å²) in [5, 5.41) is 13.7. The number of amides is 1. The van der Waals surface area contributed by atoms with Gasteiger partial charge in [0.2, 0.25) is 5.91 Å². The van der Waals surface area contributed by atoms with E-state index >= 15 is 0 Å². The monoisotopic (exact) mass is 365 g/mol. The normalized spacial score (nSPS) is 17.0. The summed E-state index contributed by atoms with van der Waals surface area (Å²) < 4.78 is 0. The fraction of sp³-hybridized carbons (Fsp3) is 0.538. The Kier molecular flexibility index (Phi) is 7.69. The van der Waals surface area contributed by atoms with Gasteiger partial charge in [-0.1, -0.05) is 0 Å². The molecule has 1 aliphatic heterocycles. The molecule has 1 saturated heterocycles. The highest BCUT2D eigenvalue weighted by atomic mass is 35.5. The van der Waals surface area contributed by atoms with E-state index in [2.05, 4.69) is 10.3 Å². The summed E-state index contributed by atoms with van der Waals surface area (Å²) >= 11 is 0. The van der Waals surface area contributed by atoms with E-state index in [-0.39, 0.29) is 42.5 Å². The number of pyridine rings is 1. The van der Waals surface area contributed by atoms with Crippen molar-refractivity contribution in [3.63, 3.8) is 0 Å². The van der Waals surface area contributed by atoms with Crippen LogP contribution in [0.2, 0.25) is 0 Å². The van der Waals surface area contributed by atoms with Crippen LogP contribution in [-0.4, -0.2) is 45.4 Å². The predicted octanol–water partition coefficient (Wildman–Crippen LogP) is 1.58. The number of hydrogen-bond acceptors (Lipinski definition) is 6. The van der Waals surface area contributed by atoms with Gasteiger partial charge in [-0.25, -0.2) is 4.98 Å². The number of nitrogens with two attached hydrogens (primary N) is 1. The highest BCUT2D eigenvalue weighted by Crippen LogP contribution is 2.18. The molecule has 1 fully saturated rings. The van der Waals surface area contributed by atoms with Crippen LogP contribution in [0.5, 0.6) is 0 Å². The second-order valence-corrected chi connectivity index (χ2v) is 5.76. The summed E-state index contributed by atoms with van der Waals surface area (Å²) in [4.78, 5) is 27.9. The lowest BCUT2D eigenvalue weighted by Crippen LogP contribution is -2.50. The number of likely N-dealkylation sites (tertiary alicyclic amines) is 1. The number of carbonyl (C=O) groups is 1. The van der Waals surface area contributed by atoms with E-state index < -0.39 is 10.5 Å². The van der Waals surface area contributed by atoms with Gasteiger partial charge in [-0.05, 0) is 26.3 Å². The fourth-order valence-electron chi connectivity index (χ4n) is 2.26. The Bertz CT molecular complexity index is 548. The topological polar surface area (TPSA) is 114 Å². The highest BCUT2D eigenvalue weighted by Gasteiger charge is 2.33. The van der Waals surface area contributed by atoms with Gasteiger partial charge in [0, 0.05) is 25.2 Å². The number of carbonyl (C=O) groups excluding carboxylic acids is 1. The zero-order chi connectivity index (χ0) is 15.6. The Morgan fingerprint density at radius 1 is 1.48 bits per heavy atom. The van der Waals surface area contributed by atoms with Gasteiger partial charge < -0.3 is 16.0 Å². The maximum absolute atomic E-state index is 12.1. The molecular weight excluding hydrogens is 345 g/mol. The van der Waals surface area contributed by atoms with Crippen molar-refractivity contribution in [1.82, 2.24) is 9.88 Å². The first kappa shape index (κ1) is 21.4. The number of rotatable bonds is 4. The van der Waals surface area contributed by atoms with Gasteiger partial charge in [0.15, 0.2) is 0 Å². The Hall–Kier alpha value is -1.64. The molecule has 2 rings (SSSR count). The van der Waals surface area contributed by atoms with Crippen LogP contribution >= 0.6 is 24.8 Å². The van der Waals surface area contributed by atoms with Crippen LogP contribution in [0.4, 0.5) is 11.5 Å². The van der Waals surface area contributed by atoms with Gasteiger partial charge in [-0.2, -0.15) is 0 Å². The van der Waals surface area contributed by atoms with Crippen LogP contribution in [0.15, 0.2) is 18.3 Å². The minimum absolute atomic E-state index is 0. The van der Waals surface area contributed by atoms with Crippen molar-refractivity contribution in [2.45, 2.75) is 31.8 Å². The lowest BCUT2D eigenvalue weighted by Gasteiger charge is -2.25. The van der Waals surface area contributed by atoms with E-state index in [0.29, 0.717) is 18.9 Å². The Labute approximate surface area is 146 Å². The molecule has 0 bridgehead atoms. The molecule has 2 heterocycles. The van der Waals surface area contributed by atoms with Gasteiger partial charge in [0.1, 0.15) is 12.0 Å². The van der Waals surface area contributed by atoms with Crippen LogP contribution in [0.3, 0.4) is 0 Å². The average molecular weight is 366 g/mol. The maximum Gasteiger partial charge on any atom is 0.287 e. The lowest BCUT2D eigenvalue weighted by atomic mass is 10.1. The quantitative estimate of drug-likeness (QED) is 0.618. The molecule has 130 valence electrons. The van der Waals surface area contributed by atoms with Crippen molar-refractivity contribution >= 4 is 42.2 Å². The molecule has 0 saturated carbocycles. The summed E-state index contributed by atoms with van der Waals surface area (Å²) in [6, 6.07) is 3.04. The SMILES string of the molecule is CC(C)(N)C(=O)N1CCC(Nc2ccc([N+](=O)[O-])cn2)C1.Cl.Cl. The minimum atomic E-state index is -0.875. The van der Waals surface area contributed by atoms with E-state index in [9.17, 15) is 14.9 Å². The molecule has 1 aliphatic rings. The van der Waals surface area contributed by atoms with E-state index in [1.165, 1.54) is 12.3 Å². The van der Waals surface area contributed by atoms with Gasteiger partial charge in [-0.15, -0.1) is 24.8 Å². The van der Waals surface area contributed by atoms with Gasteiger partial charge in [-0.3, -0.25) is 14.9 Å². The molecule has 1 aromatic heterocycles. The molecule has 1 amide bonds. The number of nitrogens with one attached hydrogen (secondary N) is 1. The van der Waals surface area contributed by atoms with Crippen LogP contribution in [0.1, 0.15) is 20.3 Å². The van der Waals surface area contributed by atoms with Crippen LogP contribution < -0.4 is 11.1 Å². The highest BCUT2D eigenvalue weighted by molar-refractivity contribution is 5.86. The number of hydrogen-bond donors (Lipinski definition) is 2. The molecule has 1 atom stereocenters. The maximum atomic E-state index is 12.1. The molecule has 10 heteroatoms. The number of halogens is 2. The van der Waals surface area contributed by atoms with Crippen molar-refractivity contribution in [3.8, 4) is 0 Å². The van der Waals surface area contributed by atoms with Crippen molar-refractivity contribution in [2.24, 2.45) is 5.73 Å². The lowest BCUT2D eigenvalue weighted by molar-refractivity contribution is -0.385. The summed E-state index contributed by atoms with van der Waals surface area (Å²) in [5.41, 5.74) is 4.89. The second kappa shape index (κ2) is 8.28. The van der Waals surface area contributed by atoms with E-state index in [1.54, 1.807) is 24.8 Å². The fourth-order valence-corrected chi connectivity index (χ4v) is 2.26. The molecule has 23 heavy (non-hydrogen) atoms. The number of nitrogens with zero attached hydrogens (tertiary/aromatic N) is 3. The first-order valence-electron chi connectivity index (χ1n) is 6.72. The third-order valence-electron chi connectivity index (χ3n) is 3.34. The zero-order valence-corrected chi connectivity index (χ0v) is 14.5. The summed E-state index contributed by atoms with van der Waals surface area (Å²) in [7, 11) is 0. The first-order valence-corrected chi connectivity index (χ1v) is 6.72. The van der Waals surface area contributed by atoms with Crippen LogP contribution in [0, 0.1) is 10.1 Å². The third kappa shape index (κ3) is 5.49. The van der Waals surface area contributed by atoms with Gasteiger partial charge in [0.05, 0.1) is 10.5 Å². The molecule has 1 aromatic rings. The average Bonchev–Trinajstić information content (AvgIpc) is 2.85. The number of aromatic nitrogens is 1. The molecule has 1 unspecified atom stereocenters. The third-order valence-corrected chi connectivity index (χ3v) is 3.34. The number of nitro groups is 1. The molecular formula is C13H21Cl2N5O3. The Balaban J connectivity index is 0.00000242. The van der Waals surface area contributed by atoms with Crippen LogP contribution in [0.25, 0.3) is 0 Å². The van der Waals surface area contributed by atoms with Crippen molar-refractivity contribution in [1.29, 1.82) is 0 Å². The summed E-state index contributed by atoms with van der Waals surface area (Å²) in [5.74, 6) is 0.482. The smallest absolute Gasteiger partial charge is 0.287 e. The molecule has 0 spiro atoms. The van der Waals surface area contributed by atoms with Gasteiger partial charge in [0.25, 0.3) is 5.69 Å². The van der Waals surface area contributed by atoms with Crippen molar-refractivity contribution in [2.75, 3.05) is 18.4 Å². The zero-order valence-electron chi connectivity index (χ0n) is 12.9. The van der Waals surface area contributed by atoms with Gasteiger partial charge >= 0.3 is 0 Å². The molecule has 8 nitrogen and oxygen atoms in total. The number of anilines is 1. The van der Waals surface area contributed by atoms with E-state index in [0.717, 1.165) is 6.42 Å². The van der Waals surface area contributed by atoms with E-state index in [1.807, 2.05) is 0 Å². The molecule has 0 aliphatic carbocycles. The van der Waals surface area contributed by atoms with Crippen molar-refractivity contribution < 1.29 is 9.72 Å². The van der Waals surface area contributed by atoms with E-state index in [4.69, 9.17) is 5.73 Å². The second-order valence-electron chi connectivity index (χ2n) is 5.76. The largest absolute Gasteiger partial charge is 0.365 e. The minimum Gasteiger partial charge on any atom is -0.365 e. The standard InChI is InChI=1S/C13H19N5O3.2ClH/c1-13(2,14)12(19)17-6-5-9(8-17)16-11-4-3-10(7-15-11)18(20)21;;/h3-4,7,9H,5-6,8,14H2,1-2H3,(H,15,16);2*1H. The Morgan fingerprint density at radius 2 is 2.13 bits per heavy atom. The predicted molar refractivity (Wildman–Crippen MR) is 92.3 cm³/mol.